The van der Waals surface area contributed by atoms with Gasteiger partial charge in [-0.05, 0) is 24.7 Å². The van der Waals surface area contributed by atoms with Crippen LogP contribution in [0.1, 0.15) is 32.6 Å². The van der Waals surface area contributed by atoms with Crippen LogP contribution in [0.3, 0.4) is 0 Å². The average molecular weight is 282 g/mol. The van der Waals surface area contributed by atoms with E-state index < -0.39 is 5.97 Å². The first-order chi connectivity index (χ1) is 9.06. The molecule has 0 unspecified atom stereocenters. The molecule has 0 spiro atoms. The van der Waals surface area contributed by atoms with Gasteiger partial charge in [-0.15, -0.1) is 11.8 Å². The van der Waals surface area contributed by atoms with E-state index in [0.717, 1.165) is 19.3 Å². The van der Waals surface area contributed by atoms with E-state index in [1.807, 2.05) is 6.92 Å². The first-order valence-electron chi connectivity index (χ1n) is 6.46. The van der Waals surface area contributed by atoms with Crippen LogP contribution in [-0.4, -0.2) is 26.4 Å². The van der Waals surface area contributed by atoms with Gasteiger partial charge in [0.1, 0.15) is 0 Å². The summed E-state index contributed by atoms with van der Waals surface area (Å²) in [4.78, 5) is 27.0. The number of carboxylic acid groups (broad SMARTS) is 1. The molecule has 6 heteroatoms. The third kappa shape index (κ3) is 3.59. The molecule has 2 rings (SSSR count). The predicted octanol–water partition coefficient (Wildman–Crippen LogP) is 2.00. The molecule has 0 radical (unpaired) electrons. The standard InChI is InChI=1S/C13H18N2O3S/c1-2-6-15-7-5-14-11(12(15)18)19-9-13(3-4-13)8-10(16)17/h5,7H,2-4,6,8-9H2,1H3,(H,16,17). The Labute approximate surface area is 116 Å². The lowest BCUT2D eigenvalue weighted by Crippen LogP contribution is -2.22. The third-order valence-corrected chi connectivity index (χ3v) is 4.66. The Balaban J connectivity index is 2.02. The summed E-state index contributed by atoms with van der Waals surface area (Å²) in [5, 5.41) is 9.34. The zero-order valence-electron chi connectivity index (χ0n) is 11.0. The summed E-state index contributed by atoms with van der Waals surface area (Å²) in [6.07, 6.45) is 6.29. The minimum Gasteiger partial charge on any atom is -0.481 e. The predicted molar refractivity (Wildman–Crippen MR) is 73.4 cm³/mol. The fraction of sp³-hybridized carbons (Fsp3) is 0.615. The van der Waals surface area contributed by atoms with Gasteiger partial charge in [-0.25, -0.2) is 4.98 Å². The number of nitrogens with zero attached hydrogens (tertiary/aromatic N) is 2. The van der Waals surface area contributed by atoms with E-state index in [1.54, 1.807) is 17.0 Å². The van der Waals surface area contributed by atoms with Crippen LogP contribution >= 0.6 is 11.8 Å². The van der Waals surface area contributed by atoms with E-state index >= 15 is 0 Å². The van der Waals surface area contributed by atoms with Crippen LogP contribution in [0.15, 0.2) is 22.2 Å². The van der Waals surface area contributed by atoms with Gasteiger partial charge in [-0.1, -0.05) is 6.92 Å². The van der Waals surface area contributed by atoms with E-state index in [-0.39, 0.29) is 17.4 Å². The molecule has 1 aliphatic carbocycles. The lowest BCUT2D eigenvalue weighted by atomic mass is 10.1. The molecule has 1 saturated carbocycles. The first-order valence-corrected chi connectivity index (χ1v) is 7.45. The van der Waals surface area contributed by atoms with Gasteiger partial charge in [0.05, 0.1) is 6.42 Å². The molecular formula is C13H18N2O3S. The minimum absolute atomic E-state index is 0.0690. The molecule has 0 amide bonds. The van der Waals surface area contributed by atoms with Gasteiger partial charge in [0.15, 0.2) is 5.03 Å². The van der Waals surface area contributed by atoms with Crippen molar-refractivity contribution < 1.29 is 9.90 Å². The Hall–Kier alpha value is -1.30. The Kier molecular flexibility index (Phi) is 4.29. The fourth-order valence-corrected chi connectivity index (χ4v) is 3.24. The van der Waals surface area contributed by atoms with Crippen LogP contribution in [0.4, 0.5) is 0 Å². The molecule has 5 nitrogen and oxygen atoms in total. The highest BCUT2D eigenvalue weighted by molar-refractivity contribution is 7.99. The number of aliphatic carboxylic acids is 1. The van der Waals surface area contributed by atoms with E-state index in [4.69, 9.17) is 5.11 Å². The third-order valence-electron chi connectivity index (χ3n) is 3.35. The van der Waals surface area contributed by atoms with Crippen molar-refractivity contribution in [2.45, 2.75) is 44.2 Å². The number of carbonyl (C=O) groups is 1. The van der Waals surface area contributed by atoms with Crippen molar-refractivity contribution in [1.29, 1.82) is 0 Å². The van der Waals surface area contributed by atoms with Gasteiger partial charge in [0.25, 0.3) is 5.56 Å². The first kappa shape index (κ1) is 14.1. The zero-order chi connectivity index (χ0) is 13.9. The number of rotatable bonds is 7. The number of hydrogen-bond donors (Lipinski definition) is 1. The highest BCUT2D eigenvalue weighted by atomic mass is 32.2. The Morgan fingerprint density at radius 1 is 1.58 bits per heavy atom. The van der Waals surface area contributed by atoms with Crippen LogP contribution in [0.25, 0.3) is 0 Å². The summed E-state index contributed by atoms with van der Waals surface area (Å²) in [7, 11) is 0. The van der Waals surface area contributed by atoms with Gasteiger partial charge in [0, 0.05) is 24.7 Å². The number of hydrogen-bond acceptors (Lipinski definition) is 4. The molecule has 19 heavy (non-hydrogen) atoms. The maximum absolute atomic E-state index is 12.1. The normalized spacial score (nSPS) is 16.3. The molecule has 0 saturated heterocycles. The highest BCUT2D eigenvalue weighted by Crippen LogP contribution is 2.51. The molecule has 1 aromatic rings. The smallest absolute Gasteiger partial charge is 0.303 e. The fourth-order valence-electron chi connectivity index (χ4n) is 2.03. The van der Waals surface area contributed by atoms with Crippen LogP contribution in [-0.2, 0) is 11.3 Å². The molecule has 0 aromatic carbocycles. The van der Waals surface area contributed by atoms with E-state index in [9.17, 15) is 9.59 Å². The van der Waals surface area contributed by atoms with Gasteiger partial charge < -0.3 is 9.67 Å². The number of aromatic nitrogens is 2. The second-order valence-corrected chi connectivity index (χ2v) is 6.05. The Morgan fingerprint density at radius 2 is 2.32 bits per heavy atom. The second-order valence-electron chi connectivity index (χ2n) is 5.09. The largest absolute Gasteiger partial charge is 0.481 e. The van der Waals surface area contributed by atoms with Crippen molar-refractivity contribution in [3.63, 3.8) is 0 Å². The lowest BCUT2D eigenvalue weighted by Gasteiger charge is -2.11. The zero-order valence-corrected chi connectivity index (χ0v) is 11.8. The van der Waals surface area contributed by atoms with E-state index in [0.29, 0.717) is 17.3 Å². The Morgan fingerprint density at radius 3 is 2.89 bits per heavy atom. The molecule has 0 bridgehead atoms. The second kappa shape index (κ2) is 5.77. The van der Waals surface area contributed by atoms with Crippen LogP contribution in [0.5, 0.6) is 0 Å². The van der Waals surface area contributed by atoms with E-state index in [1.165, 1.54) is 11.8 Å². The molecule has 1 fully saturated rings. The minimum atomic E-state index is -0.762. The summed E-state index contributed by atoms with van der Waals surface area (Å²) >= 11 is 1.39. The molecule has 1 N–H and O–H groups in total. The monoisotopic (exact) mass is 282 g/mol. The average Bonchev–Trinajstić information content (AvgIpc) is 3.10. The molecule has 1 heterocycles. The summed E-state index contributed by atoms with van der Waals surface area (Å²) in [6, 6.07) is 0. The summed E-state index contributed by atoms with van der Waals surface area (Å²) in [5.74, 6) is -0.0972. The Bertz CT molecular complexity index is 523. The summed E-state index contributed by atoms with van der Waals surface area (Å²) in [6.45, 7) is 2.71. The van der Waals surface area contributed by atoms with Crippen LogP contribution in [0.2, 0.25) is 0 Å². The van der Waals surface area contributed by atoms with E-state index in [2.05, 4.69) is 4.98 Å². The quantitative estimate of drug-likeness (QED) is 0.774. The van der Waals surface area contributed by atoms with Crippen LogP contribution in [0, 0.1) is 5.41 Å². The van der Waals surface area contributed by atoms with Gasteiger partial charge in [-0.2, -0.15) is 0 Å². The van der Waals surface area contributed by atoms with Crippen molar-refractivity contribution in [3.8, 4) is 0 Å². The van der Waals surface area contributed by atoms with Crippen molar-refractivity contribution in [1.82, 2.24) is 9.55 Å². The molecule has 0 aliphatic heterocycles. The van der Waals surface area contributed by atoms with Crippen molar-refractivity contribution >= 4 is 17.7 Å². The van der Waals surface area contributed by atoms with Crippen molar-refractivity contribution in [2.24, 2.45) is 5.41 Å². The molecule has 0 atom stereocenters. The van der Waals surface area contributed by atoms with Gasteiger partial charge in [-0.3, -0.25) is 9.59 Å². The van der Waals surface area contributed by atoms with Crippen molar-refractivity contribution in [2.75, 3.05) is 5.75 Å². The highest BCUT2D eigenvalue weighted by Gasteiger charge is 2.44. The lowest BCUT2D eigenvalue weighted by molar-refractivity contribution is -0.138. The SMILES string of the molecule is CCCn1ccnc(SCC2(CC(=O)O)CC2)c1=O. The molecule has 104 valence electrons. The summed E-state index contributed by atoms with van der Waals surface area (Å²) in [5.41, 5.74) is -0.184. The summed E-state index contributed by atoms with van der Waals surface area (Å²) < 4.78 is 1.66. The van der Waals surface area contributed by atoms with Crippen LogP contribution < -0.4 is 5.56 Å². The van der Waals surface area contributed by atoms with Gasteiger partial charge >= 0.3 is 5.97 Å². The topological polar surface area (TPSA) is 72.2 Å². The van der Waals surface area contributed by atoms with Gasteiger partial charge in [0.2, 0.25) is 0 Å². The maximum atomic E-state index is 12.1. The number of carboxylic acids is 1. The molecular weight excluding hydrogens is 264 g/mol. The maximum Gasteiger partial charge on any atom is 0.303 e. The molecule has 1 aromatic heterocycles. The molecule has 1 aliphatic rings. The number of thioether (sulfide) groups is 1. The number of aryl methyl sites for hydroxylation is 1. The van der Waals surface area contributed by atoms with Crippen molar-refractivity contribution in [3.05, 3.63) is 22.7 Å².